The fourth-order valence-electron chi connectivity index (χ4n) is 1.48. The maximum Gasteiger partial charge on any atom is 0.273 e. The summed E-state index contributed by atoms with van der Waals surface area (Å²) in [7, 11) is 0. The van der Waals surface area contributed by atoms with Crippen molar-refractivity contribution in [2.45, 2.75) is 19.9 Å². The van der Waals surface area contributed by atoms with E-state index in [4.69, 9.17) is 10.8 Å². The monoisotopic (exact) mass is 226 g/mol. The molecule has 6 heteroatoms. The Kier molecular flexibility index (Phi) is 3.46. The lowest BCUT2D eigenvalue weighted by Gasteiger charge is -2.14. The van der Waals surface area contributed by atoms with E-state index in [0.717, 1.165) is 0 Å². The predicted molar refractivity (Wildman–Crippen MR) is 58.2 cm³/mol. The van der Waals surface area contributed by atoms with Gasteiger partial charge in [-0.2, -0.15) is 0 Å². The van der Waals surface area contributed by atoms with Crippen molar-refractivity contribution in [2.24, 2.45) is 5.73 Å². The van der Waals surface area contributed by atoms with Gasteiger partial charge in [-0.15, -0.1) is 0 Å². The molecule has 1 aromatic carbocycles. The van der Waals surface area contributed by atoms with Crippen LogP contribution >= 0.6 is 0 Å². The topological polar surface area (TPSA) is 110 Å². The second-order valence-corrected chi connectivity index (χ2v) is 3.63. The number of nitro benzene ring substituents is 1. The van der Waals surface area contributed by atoms with Crippen LogP contribution in [-0.2, 0) is 0 Å². The molecule has 0 radical (unpaired) electrons. The number of hydrogen-bond acceptors (Lipinski definition) is 5. The molecule has 6 nitrogen and oxygen atoms in total. The minimum atomic E-state index is -0.821. The van der Waals surface area contributed by atoms with Crippen LogP contribution in [0.3, 0.4) is 0 Å². The number of hydrogen-bond donors (Lipinski definition) is 3. The molecular formula is C10H14N2O4. The number of aliphatic hydroxyl groups excluding tert-OH is 1. The van der Waals surface area contributed by atoms with E-state index in [1.165, 1.54) is 6.07 Å². The highest BCUT2D eigenvalue weighted by Crippen LogP contribution is 2.34. The Labute approximate surface area is 92.5 Å². The Bertz CT molecular complexity index is 431. The zero-order valence-corrected chi connectivity index (χ0v) is 9.10. The van der Waals surface area contributed by atoms with E-state index in [9.17, 15) is 15.2 Å². The Balaban J connectivity index is 3.47. The van der Waals surface area contributed by atoms with Gasteiger partial charge in [-0.25, -0.2) is 0 Å². The average molecular weight is 226 g/mol. The minimum Gasteiger partial charge on any atom is -0.507 e. The first-order valence-corrected chi connectivity index (χ1v) is 4.74. The number of aromatic hydroxyl groups is 1. The van der Waals surface area contributed by atoms with Gasteiger partial charge in [-0.3, -0.25) is 10.1 Å². The lowest BCUT2D eigenvalue weighted by Crippen LogP contribution is -2.15. The standard InChI is InChI=1S/C10H14N2O4/c1-5-6(2)10(14)7(8(11)4-13)3-9(5)12(15)16/h3,8,13-14H,4,11H2,1-2H3/t8-/m0/s1. The predicted octanol–water partition coefficient (Wildman–Crippen LogP) is 0.909. The van der Waals surface area contributed by atoms with E-state index in [1.807, 2.05) is 0 Å². The molecule has 4 N–H and O–H groups in total. The first-order valence-electron chi connectivity index (χ1n) is 4.74. The summed E-state index contributed by atoms with van der Waals surface area (Å²) in [6.45, 7) is 2.75. The largest absolute Gasteiger partial charge is 0.507 e. The molecule has 0 aliphatic rings. The van der Waals surface area contributed by atoms with Crippen LogP contribution < -0.4 is 5.73 Å². The summed E-state index contributed by atoms with van der Waals surface area (Å²) in [5.41, 5.74) is 6.45. The van der Waals surface area contributed by atoms with Gasteiger partial charge in [0, 0.05) is 22.8 Å². The van der Waals surface area contributed by atoms with E-state index in [2.05, 4.69) is 0 Å². The Hall–Kier alpha value is -1.66. The van der Waals surface area contributed by atoms with Crippen LogP contribution in [0.15, 0.2) is 6.07 Å². The van der Waals surface area contributed by atoms with E-state index in [0.29, 0.717) is 11.1 Å². The molecule has 0 bridgehead atoms. The molecule has 0 unspecified atom stereocenters. The Morgan fingerprint density at radius 2 is 2.06 bits per heavy atom. The summed E-state index contributed by atoms with van der Waals surface area (Å²) in [5.74, 6) is -0.0929. The van der Waals surface area contributed by atoms with E-state index >= 15 is 0 Å². The highest BCUT2D eigenvalue weighted by atomic mass is 16.6. The third-order valence-electron chi connectivity index (χ3n) is 2.66. The molecule has 0 aliphatic heterocycles. The van der Waals surface area contributed by atoms with Gasteiger partial charge in [0.2, 0.25) is 0 Å². The van der Waals surface area contributed by atoms with Crippen LogP contribution in [0.25, 0.3) is 0 Å². The van der Waals surface area contributed by atoms with Crippen molar-refractivity contribution >= 4 is 5.69 Å². The fourth-order valence-corrected chi connectivity index (χ4v) is 1.48. The molecule has 1 rings (SSSR count). The molecule has 0 aliphatic carbocycles. The number of rotatable bonds is 3. The van der Waals surface area contributed by atoms with E-state index in [-0.39, 0.29) is 23.6 Å². The first kappa shape index (κ1) is 12.4. The van der Waals surface area contributed by atoms with Crippen molar-refractivity contribution < 1.29 is 15.1 Å². The minimum absolute atomic E-state index is 0.0929. The Morgan fingerprint density at radius 1 is 1.50 bits per heavy atom. The van der Waals surface area contributed by atoms with Crippen molar-refractivity contribution in [3.8, 4) is 5.75 Å². The van der Waals surface area contributed by atoms with Gasteiger partial charge in [-0.05, 0) is 13.8 Å². The molecule has 0 saturated heterocycles. The summed E-state index contributed by atoms with van der Waals surface area (Å²) in [4.78, 5) is 10.2. The number of aliphatic hydroxyl groups is 1. The molecule has 0 spiro atoms. The highest BCUT2D eigenvalue weighted by Gasteiger charge is 2.21. The second-order valence-electron chi connectivity index (χ2n) is 3.63. The maximum atomic E-state index is 10.8. The quantitative estimate of drug-likeness (QED) is 0.524. The van der Waals surface area contributed by atoms with Crippen LogP contribution in [0.1, 0.15) is 22.7 Å². The fraction of sp³-hybridized carbons (Fsp3) is 0.400. The molecule has 0 saturated carbocycles. The molecule has 0 heterocycles. The van der Waals surface area contributed by atoms with Gasteiger partial charge in [-0.1, -0.05) is 0 Å². The van der Waals surface area contributed by atoms with Crippen LogP contribution in [0.5, 0.6) is 5.75 Å². The van der Waals surface area contributed by atoms with Gasteiger partial charge in [0.25, 0.3) is 5.69 Å². The molecule has 16 heavy (non-hydrogen) atoms. The third kappa shape index (κ3) is 1.98. The number of phenols is 1. The number of nitrogens with two attached hydrogens (primary N) is 1. The van der Waals surface area contributed by atoms with Crippen LogP contribution in [-0.4, -0.2) is 21.7 Å². The summed E-state index contributed by atoms with van der Waals surface area (Å²) < 4.78 is 0. The van der Waals surface area contributed by atoms with Gasteiger partial charge in [0.15, 0.2) is 0 Å². The average Bonchev–Trinajstić information content (AvgIpc) is 2.25. The highest BCUT2D eigenvalue weighted by molar-refractivity contribution is 5.56. The molecule has 88 valence electrons. The van der Waals surface area contributed by atoms with Crippen molar-refractivity contribution in [1.29, 1.82) is 0 Å². The summed E-state index contributed by atoms with van der Waals surface area (Å²) in [6.07, 6.45) is 0. The molecule has 0 fully saturated rings. The van der Waals surface area contributed by atoms with Crippen LogP contribution in [0.2, 0.25) is 0 Å². The van der Waals surface area contributed by atoms with Crippen molar-refractivity contribution in [3.05, 3.63) is 32.9 Å². The van der Waals surface area contributed by atoms with Crippen LogP contribution in [0, 0.1) is 24.0 Å². The van der Waals surface area contributed by atoms with E-state index in [1.54, 1.807) is 13.8 Å². The van der Waals surface area contributed by atoms with Gasteiger partial charge < -0.3 is 15.9 Å². The van der Waals surface area contributed by atoms with Gasteiger partial charge in [0.1, 0.15) is 5.75 Å². The molecule has 0 amide bonds. The first-order chi connectivity index (χ1) is 7.40. The van der Waals surface area contributed by atoms with Crippen LogP contribution in [0.4, 0.5) is 5.69 Å². The normalized spacial score (nSPS) is 12.5. The SMILES string of the molecule is Cc1c([N+](=O)[O-])cc([C@@H](N)CO)c(O)c1C. The van der Waals surface area contributed by atoms with Gasteiger partial charge in [0.05, 0.1) is 17.6 Å². The number of benzene rings is 1. The number of nitro groups is 1. The molecular weight excluding hydrogens is 212 g/mol. The zero-order chi connectivity index (χ0) is 12.5. The van der Waals surface area contributed by atoms with E-state index < -0.39 is 11.0 Å². The van der Waals surface area contributed by atoms with Crippen molar-refractivity contribution in [2.75, 3.05) is 6.61 Å². The second kappa shape index (κ2) is 4.46. The molecule has 1 aromatic rings. The number of nitrogens with zero attached hydrogens (tertiary/aromatic N) is 1. The lowest BCUT2D eigenvalue weighted by molar-refractivity contribution is -0.385. The lowest BCUT2D eigenvalue weighted by atomic mass is 9.98. The van der Waals surface area contributed by atoms with Crippen molar-refractivity contribution in [1.82, 2.24) is 0 Å². The maximum absolute atomic E-state index is 10.8. The molecule has 1 atom stereocenters. The zero-order valence-electron chi connectivity index (χ0n) is 9.10. The van der Waals surface area contributed by atoms with Gasteiger partial charge >= 0.3 is 0 Å². The molecule has 0 aromatic heterocycles. The Morgan fingerprint density at radius 3 is 2.50 bits per heavy atom. The third-order valence-corrected chi connectivity index (χ3v) is 2.66. The smallest absolute Gasteiger partial charge is 0.273 e. The summed E-state index contributed by atoms with van der Waals surface area (Å²) in [5, 5.41) is 29.4. The number of phenolic OH excluding ortho intramolecular Hbond substituents is 1. The summed E-state index contributed by atoms with van der Waals surface area (Å²) >= 11 is 0. The summed E-state index contributed by atoms with van der Waals surface area (Å²) in [6, 6.07) is 0.386. The van der Waals surface area contributed by atoms with Crippen molar-refractivity contribution in [3.63, 3.8) is 0 Å².